The molecule has 1 aromatic carbocycles. The number of hydrogen-bond donors (Lipinski definition) is 1. The maximum atomic E-state index is 3.47. The first-order chi connectivity index (χ1) is 8.40. The molecule has 0 aliphatic heterocycles. The number of benzene rings is 1. The summed E-state index contributed by atoms with van der Waals surface area (Å²) in [5.41, 5.74) is 3.21. The second-order valence-corrected chi connectivity index (χ2v) is 5.70. The molecule has 0 bridgehead atoms. The van der Waals surface area contributed by atoms with Gasteiger partial charge in [-0.1, -0.05) is 37.1 Å². The van der Waals surface area contributed by atoms with Gasteiger partial charge in [0.05, 0.1) is 0 Å². The fourth-order valence-corrected chi connectivity index (χ4v) is 3.97. The van der Waals surface area contributed by atoms with Crippen molar-refractivity contribution in [2.45, 2.75) is 50.5 Å². The monoisotopic (exact) mass is 229 g/mol. The van der Waals surface area contributed by atoms with E-state index in [0.717, 1.165) is 11.8 Å². The van der Waals surface area contributed by atoms with Gasteiger partial charge in [0.2, 0.25) is 0 Å². The van der Waals surface area contributed by atoms with Gasteiger partial charge in [-0.3, -0.25) is 0 Å². The highest BCUT2D eigenvalue weighted by molar-refractivity contribution is 5.36. The van der Waals surface area contributed by atoms with Crippen molar-refractivity contribution in [3.05, 3.63) is 35.4 Å². The zero-order chi connectivity index (χ0) is 11.7. The lowest BCUT2D eigenvalue weighted by atomic mass is 9.73. The van der Waals surface area contributed by atoms with Crippen LogP contribution in [0.3, 0.4) is 0 Å². The summed E-state index contributed by atoms with van der Waals surface area (Å²) in [5, 5.41) is 3.47. The highest BCUT2D eigenvalue weighted by Crippen LogP contribution is 2.46. The van der Waals surface area contributed by atoms with Crippen LogP contribution in [0.25, 0.3) is 0 Å². The molecule has 1 aromatic rings. The van der Waals surface area contributed by atoms with Crippen LogP contribution < -0.4 is 5.32 Å². The summed E-state index contributed by atoms with van der Waals surface area (Å²) in [4.78, 5) is 0. The SMILES string of the molecule is CN[C@@H]1CC[C@H](C2CCCC2)c2ccccc21. The van der Waals surface area contributed by atoms with Gasteiger partial charge in [0.15, 0.2) is 0 Å². The first-order valence-corrected chi connectivity index (χ1v) is 7.16. The molecule has 0 saturated heterocycles. The van der Waals surface area contributed by atoms with Crippen LogP contribution in [0.5, 0.6) is 0 Å². The normalized spacial score (nSPS) is 29.2. The Kier molecular flexibility index (Phi) is 3.19. The Morgan fingerprint density at radius 2 is 1.65 bits per heavy atom. The van der Waals surface area contributed by atoms with Crippen molar-refractivity contribution in [1.82, 2.24) is 5.32 Å². The molecule has 0 spiro atoms. The van der Waals surface area contributed by atoms with Gasteiger partial charge in [-0.2, -0.15) is 0 Å². The van der Waals surface area contributed by atoms with E-state index in [1.807, 2.05) is 0 Å². The summed E-state index contributed by atoms with van der Waals surface area (Å²) in [6.07, 6.45) is 8.53. The second-order valence-electron chi connectivity index (χ2n) is 5.70. The van der Waals surface area contributed by atoms with Crippen molar-refractivity contribution in [3.63, 3.8) is 0 Å². The second kappa shape index (κ2) is 4.81. The van der Waals surface area contributed by atoms with Gasteiger partial charge in [0.25, 0.3) is 0 Å². The Labute approximate surface area is 105 Å². The molecular weight excluding hydrogens is 206 g/mol. The Morgan fingerprint density at radius 3 is 2.35 bits per heavy atom. The average Bonchev–Trinajstić information content (AvgIpc) is 2.91. The largest absolute Gasteiger partial charge is 0.313 e. The third kappa shape index (κ3) is 2.01. The highest BCUT2D eigenvalue weighted by atomic mass is 14.9. The van der Waals surface area contributed by atoms with E-state index in [2.05, 4.69) is 36.6 Å². The number of nitrogens with one attached hydrogen (secondary N) is 1. The third-order valence-electron chi connectivity index (χ3n) is 4.85. The molecule has 1 heteroatoms. The molecule has 0 aromatic heterocycles. The Balaban J connectivity index is 1.92. The van der Waals surface area contributed by atoms with Gasteiger partial charge >= 0.3 is 0 Å². The summed E-state index contributed by atoms with van der Waals surface area (Å²) in [6.45, 7) is 0. The molecule has 2 atom stereocenters. The number of rotatable bonds is 2. The molecule has 92 valence electrons. The van der Waals surface area contributed by atoms with Crippen LogP contribution >= 0.6 is 0 Å². The molecule has 1 saturated carbocycles. The summed E-state index contributed by atoms with van der Waals surface area (Å²) in [6, 6.07) is 9.71. The van der Waals surface area contributed by atoms with Gasteiger partial charge in [-0.15, -0.1) is 0 Å². The Morgan fingerprint density at radius 1 is 0.941 bits per heavy atom. The summed E-state index contributed by atoms with van der Waals surface area (Å²) in [5.74, 6) is 1.81. The minimum absolute atomic E-state index is 0.587. The van der Waals surface area contributed by atoms with Crippen LogP contribution in [0.4, 0.5) is 0 Å². The van der Waals surface area contributed by atoms with E-state index >= 15 is 0 Å². The quantitative estimate of drug-likeness (QED) is 0.808. The lowest BCUT2D eigenvalue weighted by Crippen LogP contribution is -2.26. The van der Waals surface area contributed by atoms with E-state index in [9.17, 15) is 0 Å². The van der Waals surface area contributed by atoms with Crippen LogP contribution in [0.1, 0.15) is 61.6 Å². The smallest absolute Gasteiger partial charge is 0.0320 e. The third-order valence-corrected chi connectivity index (χ3v) is 4.85. The first kappa shape index (κ1) is 11.3. The molecule has 0 unspecified atom stereocenters. The molecule has 1 nitrogen and oxygen atoms in total. The fraction of sp³-hybridized carbons (Fsp3) is 0.625. The van der Waals surface area contributed by atoms with Crippen molar-refractivity contribution in [1.29, 1.82) is 0 Å². The Hall–Kier alpha value is -0.820. The van der Waals surface area contributed by atoms with Crippen LogP contribution in [0.15, 0.2) is 24.3 Å². The molecule has 17 heavy (non-hydrogen) atoms. The first-order valence-electron chi connectivity index (χ1n) is 7.16. The van der Waals surface area contributed by atoms with Crippen molar-refractivity contribution >= 4 is 0 Å². The van der Waals surface area contributed by atoms with E-state index in [1.54, 1.807) is 11.1 Å². The minimum Gasteiger partial charge on any atom is -0.313 e. The zero-order valence-electron chi connectivity index (χ0n) is 10.8. The predicted octanol–water partition coefficient (Wildman–Crippen LogP) is 4.01. The maximum absolute atomic E-state index is 3.47. The molecule has 0 amide bonds. The van der Waals surface area contributed by atoms with Gasteiger partial charge in [0, 0.05) is 6.04 Å². The molecule has 1 fully saturated rings. The van der Waals surface area contributed by atoms with E-state index in [4.69, 9.17) is 0 Å². The predicted molar refractivity (Wildman–Crippen MR) is 72.2 cm³/mol. The van der Waals surface area contributed by atoms with Crippen LogP contribution in [0.2, 0.25) is 0 Å². The fourth-order valence-electron chi connectivity index (χ4n) is 3.97. The van der Waals surface area contributed by atoms with Crippen LogP contribution in [-0.4, -0.2) is 7.05 Å². The van der Waals surface area contributed by atoms with Gasteiger partial charge in [-0.25, -0.2) is 0 Å². The number of fused-ring (bicyclic) bond motifs is 1. The molecular formula is C16H23N. The minimum atomic E-state index is 0.587. The van der Waals surface area contributed by atoms with Gasteiger partial charge in [0.1, 0.15) is 0 Å². The topological polar surface area (TPSA) is 12.0 Å². The summed E-state index contributed by atoms with van der Waals surface area (Å²) < 4.78 is 0. The van der Waals surface area contributed by atoms with Crippen LogP contribution in [0, 0.1) is 5.92 Å². The molecule has 1 N–H and O–H groups in total. The lowest BCUT2D eigenvalue weighted by Gasteiger charge is -2.34. The molecule has 3 rings (SSSR count). The average molecular weight is 229 g/mol. The molecule has 0 radical (unpaired) electrons. The zero-order valence-corrected chi connectivity index (χ0v) is 10.8. The van der Waals surface area contributed by atoms with Crippen molar-refractivity contribution in [2.75, 3.05) is 7.05 Å². The van der Waals surface area contributed by atoms with Crippen molar-refractivity contribution in [2.24, 2.45) is 5.92 Å². The molecule has 2 aliphatic carbocycles. The van der Waals surface area contributed by atoms with Crippen LogP contribution in [-0.2, 0) is 0 Å². The highest BCUT2D eigenvalue weighted by Gasteiger charge is 2.32. The van der Waals surface area contributed by atoms with Crippen molar-refractivity contribution in [3.8, 4) is 0 Å². The van der Waals surface area contributed by atoms with E-state index in [-0.39, 0.29) is 0 Å². The standard InChI is InChI=1S/C16H23N/c1-17-16-11-10-13(12-6-2-3-7-12)14-8-4-5-9-15(14)16/h4-5,8-9,12-13,16-17H,2-3,6-7,10-11H2,1H3/t13-,16-/m1/s1. The molecule has 0 heterocycles. The van der Waals surface area contributed by atoms with Gasteiger partial charge in [-0.05, 0) is 55.7 Å². The Bertz CT molecular complexity index is 379. The summed E-state index contributed by atoms with van der Waals surface area (Å²) >= 11 is 0. The summed E-state index contributed by atoms with van der Waals surface area (Å²) in [7, 11) is 2.09. The van der Waals surface area contributed by atoms with Crippen molar-refractivity contribution < 1.29 is 0 Å². The maximum Gasteiger partial charge on any atom is 0.0320 e. The van der Waals surface area contributed by atoms with Gasteiger partial charge < -0.3 is 5.32 Å². The van der Waals surface area contributed by atoms with E-state index < -0.39 is 0 Å². The van der Waals surface area contributed by atoms with E-state index in [0.29, 0.717) is 6.04 Å². The number of hydrogen-bond acceptors (Lipinski definition) is 1. The van der Waals surface area contributed by atoms with E-state index in [1.165, 1.54) is 38.5 Å². The molecule has 2 aliphatic rings. The lowest BCUT2D eigenvalue weighted by molar-refractivity contribution is 0.352.